The molecule has 0 aliphatic heterocycles. The highest BCUT2D eigenvalue weighted by atomic mass is 16.3. The van der Waals surface area contributed by atoms with Crippen molar-refractivity contribution in [2.24, 2.45) is 5.92 Å². The van der Waals surface area contributed by atoms with E-state index in [1.54, 1.807) is 0 Å². The zero-order chi connectivity index (χ0) is 37.9. The highest BCUT2D eigenvalue weighted by Gasteiger charge is 2.10. The molecule has 0 aliphatic carbocycles. The van der Waals surface area contributed by atoms with Gasteiger partial charge in [-0.3, -0.25) is 9.59 Å². The van der Waals surface area contributed by atoms with E-state index in [1.807, 2.05) is 11.9 Å². The van der Waals surface area contributed by atoms with Crippen LogP contribution in [0.2, 0.25) is 0 Å². The average molecular weight is 725 g/mol. The van der Waals surface area contributed by atoms with Crippen molar-refractivity contribution in [3.63, 3.8) is 0 Å². The van der Waals surface area contributed by atoms with Crippen LogP contribution < -0.4 is 0 Å². The van der Waals surface area contributed by atoms with Gasteiger partial charge in [0, 0.05) is 26.6 Å². The maximum Gasteiger partial charge on any atom is 0.290 e. The molecule has 0 heterocycles. The number of aliphatic hydroxyl groups is 1. The predicted octanol–water partition coefficient (Wildman–Crippen LogP) is 13.0. The van der Waals surface area contributed by atoms with Crippen molar-refractivity contribution in [1.82, 2.24) is 9.80 Å². The highest BCUT2D eigenvalue weighted by Crippen LogP contribution is 2.25. The summed E-state index contributed by atoms with van der Waals surface area (Å²) >= 11 is 0. The first-order chi connectivity index (χ1) is 25.0. The van der Waals surface area contributed by atoms with E-state index in [4.69, 9.17) is 9.90 Å². The molecule has 0 atom stereocenters. The summed E-state index contributed by atoms with van der Waals surface area (Å²) in [7, 11) is 1.99. The maximum atomic E-state index is 12.5. The van der Waals surface area contributed by atoms with Crippen molar-refractivity contribution in [2.75, 3.05) is 39.8 Å². The second-order valence-electron chi connectivity index (χ2n) is 15.7. The third-order valence-corrected chi connectivity index (χ3v) is 10.8. The van der Waals surface area contributed by atoms with E-state index in [-0.39, 0.29) is 13.1 Å². The van der Waals surface area contributed by atoms with Crippen molar-refractivity contribution in [3.8, 4) is 0 Å². The molecule has 0 aliphatic rings. The Morgan fingerprint density at radius 3 is 1.18 bits per heavy atom. The minimum atomic E-state index is -0.250. The largest absolute Gasteiger partial charge is 0.483 e. The quantitative estimate of drug-likeness (QED) is 0.0486. The normalized spacial score (nSPS) is 11.3. The first kappa shape index (κ1) is 52.0. The maximum absolute atomic E-state index is 12.5. The lowest BCUT2D eigenvalue weighted by Gasteiger charge is -2.21. The molecule has 0 aromatic heterocycles. The molecule has 2 N–H and O–H groups in total. The standard InChI is InChI=1S/C44H90N2O2.CH2O2/c1-5-8-11-14-17-24-31-38-45(4)44(48)37-30-23-19-26-33-40-46(41-42-47)39-32-25-18-22-29-36-43(34-27-20-15-12-9-6-2)35-28-21-16-13-10-7-3;2-1-3/h43,47H,5-42H2,1-4H3;1H,(H,2,3). The molecular weight excluding hydrogens is 633 g/mol. The molecule has 6 heteroatoms. The zero-order valence-corrected chi connectivity index (χ0v) is 35.1. The number of hydrogen-bond acceptors (Lipinski definition) is 4. The number of carbonyl (C=O) groups excluding carboxylic acids is 1. The first-order valence-electron chi connectivity index (χ1n) is 22.6. The monoisotopic (exact) mass is 725 g/mol. The van der Waals surface area contributed by atoms with E-state index < -0.39 is 0 Å². The second kappa shape index (κ2) is 45.0. The van der Waals surface area contributed by atoms with Crippen LogP contribution in [-0.2, 0) is 9.59 Å². The zero-order valence-electron chi connectivity index (χ0n) is 35.1. The topological polar surface area (TPSA) is 81.1 Å². The van der Waals surface area contributed by atoms with Crippen LogP contribution in [0.1, 0.15) is 233 Å². The van der Waals surface area contributed by atoms with Gasteiger partial charge in [-0.05, 0) is 44.7 Å². The van der Waals surface area contributed by atoms with Crippen LogP contribution in [0.5, 0.6) is 0 Å². The minimum absolute atomic E-state index is 0.250. The van der Waals surface area contributed by atoms with Crippen LogP contribution in [0.3, 0.4) is 0 Å². The summed E-state index contributed by atoms with van der Waals surface area (Å²) in [6, 6.07) is 0. The molecule has 6 nitrogen and oxygen atoms in total. The number of hydrogen-bond donors (Lipinski definition) is 2. The van der Waals surface area contributed by atoms with Crippen LogP contribution >= 0.6 is 0 Å². The number of amides is 1. The molecule has 0 saturated heterocycles. The fraction of sp³-hybridized carbons (Fsp3) is 0.956. The molecule has 0 spiro atoms. The van der Waals surface area contributed by atoms with E-state index in [1.165, 1.54) is 186 Å². The lowest BCUT2D eigenvalue weighted by atomic mass is 9.89. The van der Waals surface area contributed by atoms with E-state index in [0.717, 1.165) is 51.4 Å². The van der Waals surface area contributed by atoms with Crippen LogP contribution in [0.15, 0.2) is 0 Å². The summed E-state index contributed by atoms with van der Waals surface area (Å²) in [5.41, 5.74) is 0. The van der Waals surface area contributed by atoms with E-state index in [2.05, 4.69) is 25.7 Å². The summed E-state index contributed by atoms with van der Waals surface area (Å²) in [5, 5.41) is 16.5. The Morgan fingerprint density at radius 1 is 0.490 bits per heavy atom. The van der Waals surface area contributed by atoms with Gasteiger partial charge in [-0.25, -0.2) is 0 Å². The molecule has 0 bridgehead atoms. The number of unbranched alkanes of at least 4 members (excludes halogenated alkanes) is 24. The van der Waals surface area contributed by atoms with Crippen molar-refractivity contribution in [3.05, 3.63) is 0 Å². The summed E-state index contributed by atoms with van der Waals surface area (Å²) in [6.07, 6.45) is 44.1. The molecular formula is C45H92N2O4. The molecule has 1 amide bonds. The van der Waals surface area contributed by atoms with Gasteiger partial charge in [0.15, 0.2) is 0 Å². The van der Waals surface area contributed by atoms with Gasteiger partial charge < -0.3 is 20.0 Å². The van der Waals surface area contributed by atoms with Crippen LogP contribution in [0.4, 0.5) is 0 Å². The second-order valence-corrected chi connectivity index (χ2v) is 15.7. The minimum Gasteiger partial charge on any atom is -0.483 e. The lowest BCUT2D eigenvalue weighted by molar-refractivity contribution is -0.130. The fourth-order valence-corrected chi connectivity index (χ4v) is 7.40. The number of nitrogens with zero attached hydrogens (tertiary/aromatic N) is 2. The van der Waals surface area contributed by atoms with E-state index in [9.17, 15) is 9.90 Å². The summed E-state index contributed by atoms with van der Waals surface area (Å²) in [4.78, 5) is 25.3. The molecule has 51 heavy (non-hydrogen) atoms. The summed E-state index contributed by atoms with van der Waals surface area (Å²) < 4.78 is 0. The van der Waals surface area contributed by atoms with Crippen molar-refractivity contribution >= 4 is 12.4 Å². The Labute approximate surface area is 319 Å². The Hall–Kier alpha value is -1.14. The van der Waals surface area contributed by atoms with Crippen LogP contribution in [-0.4, -0.2) is 72.2 Å². The van der Waals surface area contributed by atoms with Gasteiger partial charge in [0.2, 0.25) is 5.91 Å². The average Bonchev–Trinajstić information content (AvgIpc) is 3.12. The SMILES string of the molecule is CCCCCCCCCN(C)C(=O)CCCCCCCN(CCO)CCCCCCCC(CCCCCCCC)CCCCCCCC.O=CO. The molecule has 0 unspecified atom stereocenters. The molecule has 0 aromatic rings. The smallest absolute Gasteiger partial charge is 0.290 e. The van der Waals surface area contributed by atoms with E-state index >= 15 is 0 Å². The molecule has 0 rings (SSSR count). The third kappa shape index (κ3) is 41.5. The van der Waals surface area contributed by atoms with Crippen LogP contribution in [0, 0.1) is 5.92 Å². The number of carboxylic acid groups (broad SMARTS) is 1. The molecule has 0 aromatic carbocycles. The Morgan fingerprint density at radius 2 is 0.804 bits per heavy atom. The number of carbonyl (C=O) groups is 2. The van der Waals surface area contributed by atoms with Gasteiger partial charge in [0.05, 0.1) is 6.61 Å². The van der Waals surface area contributed by atoms with Gasteiger partial charge in [0.25, 0.3) is 6.47 Å². The molecule has 0 fully saturated rings. The Kier molecular flexibility index (Phi) is 45.9. The molecule has 0 saturated carbocycles. The van der Waals surface area contributed by atoms with Gasteiger partial charge in [-0.2, -0.15) is 0 Å². The summed E-state index contributed by atoms with van der Waals surface area (Å²) in [5.74, 6) is 1.31. The lowest BCUT2D eigenvalue weighted by Crippen LogP contribution is -2.29. The van der Waals surface area contributed by atoms with Crippen molar-refractivity contribution < 1.29 is 19.8 Å². The molecule has 0 radical (unpaired) electrons. The Balaban J connectivity index is 0. The fourth-order valence-electron chi connectivity index (χ4n) is 7.40. The predicted molar refractivity (Wildman–Crippen MR) is 223 cm³/mol. The third-order valence-electron chi connectivity index (χ3n) is 10.8. The Bertz CT molecular complexity index is 661. The van der Waals surface area contributed by atoms with E-state index in [0.29, 0.717) is 12.3 Å². The molecule has 306 valence electrons. The number of aliphatic hydroxyl groups excluding tert-OH is 1. The highest BCUT2D eigenvalue weighted by molar-refractivity contribution is 5.75. The van der Waals surface area contributed by atoms with Gasteiger partial charge >= 0.3 is 0 Å². The first-order valence-corrected chi connectivity index (χ1v) is 22.6. The number of rotatable bonds is 40. The van der Waals surface area contributed by atoms with Gasteiger partial charge in [0.1, 0.15) is 0 Å². The van der Waals surface area contributed by atoms with Crippen molar-refractivity contribution in [2.45, 2.75) is 233 Å². The summed E-state index contributed by atoms with van der Waals surface area (Å²) in [6.45, 7) is 10.9. The van der Waals surface area contributed by atoms with Crippen LogP contribution in [0.25, 0.3) is 0 Å². The van der Waals surface area contributed by atoms with Crippen molar-refractivity contribution in [1.29, 1.82) is 0 Å². The van der Waals surface area contributed by atoms with Gasteiger partial charge in [-0.15, -0.1) is 0 Å². The van der Waals surface area contributed by atoms with Gasteiger partial charge in [-0.1, -0.05) is 201 Å².